The minimum atomic E-state index is -0.216. The van der Waals surface area contributed by atoms with E-state index in [0.29, 0.717) is 32.5 Å². The molecule has 4 fully saturated rings. The van der Waals surface area contributed by atoms with Gasteiger partial charge in [-0.05, 0) is 73.5 Å². The summed E-state index contributed by atoms with van der Waals surface area (Å²) in [4.78, 5) is 13.2. The highest BCUT2D eigenvalue weighted by molar-refractivity contribution is 6.36. The maximum absolute atomic E-state index is 13.2. The van der Waals surface area contributed by atoms with Crippen LogP contribution in [-0.2, 0) is 4.79 Å². The first kappa shape index (κ1) is 15.8. The molecule has 1 aromatic carbocycles. The van der Waals surface area contributed by atoms with Gasteiger partial charge in [0.15, 0.2) is 0 Å². The summed E-state index contributed by atoms with van der Waals surface area (Å²) in [5, 5.41) is 4.19. The zero-order chi connectivity index (χ0) is 16.5. The number of hydrogen-bond donors (Lipinski definition) is 1. The first-order valence-electron chi connectivity index (χ1n) is 8.48. The molecule has 2 unspecified atom stereocenters. The second kappa shape index (κ2) is 4.89. The van der Waals surface area contributed by atoms with Gasteiger partial charge in [0.1, 0.15) is 0 Å². The molecule has 2 atom stereocenters. The third kappa shape index (κ3) is 2.59. The maximum Gasteiger partial charge on any atom is 0.230 e. The smallest absolute Gasteiger partial charge is 0.230 e. The summed E-state index contributed by atoms with van der Waals surface area (Å²) in [5.41, 5.74) is 1.11. The molecule has 1 aromatic rings. The van der Waals surface area contributed by atoms with Crippen LogP contribution in [0.3, 0.4) is 0 Å². The number of hydrogen-bond acceptors (Lipinski definition) is 1. The number of amides is 1. The van der Waals surface area contributed by atoms with Crippen LogP contribution in [0.15, 0.2) is 18.2 Å². The maximum atomic E-state index is 13.2. The van der Waals surface area contributed by atoms with Crippen LogP contribution in [0.4, 0.5) is 5.69 Å². The van der Waals surface area contributed by atoms with Gasteiger partial charge in [-0.3, -0.25) is 4.79 Å². The predicted molar refractivity (Wildman–Crippen MR) is 94.9 cm³/mol. The topological polar surface area (TPSA) is 29.1 Å². The third-order valence-corrected chi connectivity index (χ3v) is 6.84. The summed E-state index contributed by atoms with van der Waals surface area (Å²) >= 11 is 12.2. The standard InChI is InChI=1S/C19H23Cl2NO/c1-17-6-12-7-18(2,9-17)11-19(8-12,10-17)16(23)22-15-4-3-13(20)5-14(15)21/h3-5,12H,6-11H2,1-2H3,(H,22,23). The molecule has 0 heterocycles. The van der Waals surface area contributed by atoms with E-state index in [1.54, 1.807) is 18.2 Å². The van der Waals surface area contributed by atoms with E-state index < -0.39 is 0 Å². The van der Waals surface area contributed by atoms with E-state index in [1.807, 2.05) is 0 Å². The van der Waals surface area contributed by atoms with Crippen LogP contribution < -0.4 is 5.32 Å². The van der Waals surface area contributed by atoms with Crippen molar-refractivity contribution in [1.29, 1.82) is 0 Å². The highest BCUT2D eigenvalue weighted by Crippen LogP contribution is 2.69. The van der Waals surface area contributed by atoms with Gasteiger partial charge in [0.2, 0.25) is 5.91 Å². The Balaban J connectivity index is 1.63. The van der Waals surface area contributed by atoms with Crippen molar-refractivity contribution in [3.8, 4) is 0 Å². The van der Waals surface area contributed by atoms with E-state index in [0.717, 1.165) is 19.3 Å². The van der Waals surface area contributed by atoms with Crippen LogP contribution in [0.25, 0.3) is 0 Å². The Bertz CT molecular complexity index is 668. The van der Waals surface area contributed by atoms with E-state index in [2.05, 4.69) is 19.2 Å². The molecule has 0 spiro atoms. The minimum absolute atomic E-state index is 0.156. The molecular weight excluding hydrogens is 329 g/mol. The van der Waals surface area contributed by atoms with Crippen molar-refractivity contribution in [2.24, 2.45) is 22.2 Å². The minimum Gasteiger partial charge on any atom is -0.324 e. The molecule has 124 valence electrons. The Morgan fingerprint density at radius 1 is 1.09 bits per heavy atom. The van der Waals surface area contributed by atoms with Crippen molar-refractivity contribution in [1.82, 2.24) is 0 Å². The van der Waals surface area contributed by atoms with E-state index in [9.17, 15) is 4.79 Å². The number of benzene rings is 1. The SMILES string of the molecule is CC12CC3CC(C)(C1)CC(C(=O)Nc1ccc(Cl)cc1Cl)(C3)C2. The fraction of sp³-hybridized carbons (Fsp3) is 0.632. The molecule has 4 aliphatic rings. The molecule has 4 aliphatic carbocycles. The Labute approximate surface area is 147 Å². The molecule has 4 bridgehead atoms. The molecule has 2 nitrogen and oxygen atoms in total. The van der Waals surface area contributed by atoms with Gasteiger partial charge < -0.3 is 5.32 Å². The Morgan fingerprint density at radius 2 is 1.74 bits per heavy atom. The average molecular weight is 352 g/mol. The third-order valence-electron chi connectivity index (χ3n) is 6.29. The van der Waals surface area contributed by atoms with Crippen molar-refractivity contribution in [3.05, 3.63) is 28.2 Å². The van der Waals surface area contributed by atoms with Gasteiger partial charge >= 0.3 is 0 Å². The van der Waals surface area contributed by atoms with E-state index >= 15 is 0 Å². The van der Waals surface area contributed by atoms with Gasteiger partial charge in [0, 0.05) is 5.02 Å². The lowest BCUT2D eigenvalue weighted by Gasteiger charge is -2.64. The number of nitrogens with one attached hydrogen (secondary N) is 1. The lowest BCUT2D eigenvalue weighted by molar-refractivity contribution is -0.165. The summed E-state index contributed by atoms with van der Waals surface area (Å²) in [7, 11) is 0. The van der Waals surface area contributed by atoms with Crippen molar-refractivity contribution in [2.45, 2.75) is 52.4 Å². The normalized spacial score (nSPS) is 41.1. The lowest BCUT2D eigenvalue weighted by Crippen LogP contribution is -2.58. The molecule has 1 N–H and O–H groups in total. The van der Waals surface area contributed by atoms with Crippen LogP contribution in [0, 0.1) is 22.2 Å². The monoisotopic (exact) mass is 351 g/mol. The molecule has 5 rings (SSSR count). The fourth-order valence-electron chi connectivity index (χ4n) is 6.55. The van der Waals surface area contributed by atoms with E-state index in [-0.39, 0.29) is 11.3 Å². The summed E-state index contributed by atoms with van der Waals surface area (Å²) in [6.07, 6.45) is 6.92. The number of rotatable bonds is 2. The summed E-state index contributed by atoms with van der Waals surface area (Å²) in [5.74, 6) is 0.857. The second-order valence-electron chi connectivity index (χ2n) is 8.99. The molecule has 4 heteroatoms. The Hall–Kier alpha value is -0.730. The van der Waals surface area contributed by atoms with E-state index in [1.165, 1.54) is 19.3 Å². The van der Waals surface area contributed by atoms with Crippen LogP contribution >= 0.6 is 23.2 Å². The van der Waals surface area contributed by atoms with Crippen LogP contribution in [0.2, 0.25) is 10.0 Å². The van der Waals surface area contributed by atoms with Gasteiger partial charge in [-0.25, -0.2) is 0 Å². The Kier molecular flexibility index (Phi) is 3.36. The first-order valence-corrected chi connectivity index (χ1v) is 9.23. The van der Waals surface area contributed by atoms with Crippen molar-refractivity contribution in [2.75, 3.05) is 5.32 Å². The molecule has 1 amide bonds. The summed E-state index contributed by atoms with van der Waals surface area (Å²) < 4.78 is 0. The predicted octanol–water partition coefficient (Wildman–Crippen LogP) is 5.93. The van der Waals surface area contributed by atoms with Gasteiger partial charge in [-0.15, -0.1) is 0 Å². The molecule has 0 aromatic heterocycles. The molecular formula is C19H23Cl2NO. The average Bonchev–Trinajstić information content (AvgIpc) is 2.37. The highest BCUT2D eigenvalue weighted by atomic mass is 35.5. The quantitative estimate of drug-likeness (QED) is 0.702. The van der Waals surface area contributed by atoms with Crippen LogP contribution in [0.1, 0.15) is 52.4 Å². The van der Waals surface area contributed by atoms with Gasteiger partial charge in [0.05, 0.1) is 16.1 Å². The molecule has 4 saturated carbocycles. The van der Waals surface area contributed by atoms with Crippen molar-refractivity contribution in [3.63, 3.8) is 0 Å². The largest absolute Gasteiger partial charge is 0.324 e. The van der Waals surface area contributed by atoms with Gasteiger partial charge in [-0.2, -0.15) is 0 Å². The molecule has 0 aliphatic heterocycles. The van der Waals surface area contributed by atoms with Crippen LogP contribution in [-0.4, -0.2) is 5.91 Å². The van der Waals surface area contributed by atoms with Crippen molar-refractivity contribution >= 4 is 34.8 Å². The molecule has 0 radical (unpaired) electrons. The number of carbonyl (C=O) groups excluding carboxylic acids is 1. The summed E-state index contributed by atoms with van der Waals surface area (Å²) in [6, 6.07) is 5.25. The van der Waals surface area contributed by atoms with E-state index in [4.69, 9.17) is 23.2 Å². The van der Waals surface area contributed by atoms with Gasteiger partial charge in [0.25, 0.3) is 0 Å². The lowest BCUT2D eigenvalue weighted by atomic mass is 9.40. The molecule has 23 heavy (non-hydrogen) atoms. The van der Waals surface area contributed by atoms with Crippen LogP contribution in [0.5, 0.6) is 0 Å². The zero-order valence-corrected chi connectivity index (χ0v) is 15.2. The highest BCUT2D eigenvalue weighted by Gasteiger charge is 2.62. The number of anilines is 1. The summed E-state index contributed by atoms with van der Waals surface area (Å²) in [6.45, 7) is 4.76. The Morgan fingerprint density at radius 3 is 2.30 bits per heavy atom. The number of carbonyl (C=O) groups is 1. The fourth-order valence-corrected chi connectivity index (χ4v) is 7.00. The first-order chi connectivity index (χ1) is 10.7. The second-order valence-corrected chi connectivity index (χ2v) is 9.83. The zero-order valence-electron chi connectivity index (χ0n) is 13.7. The van der Waals surface area contributed by atoms with Crippen molar-refractivity contribution < 1.29 is 4.79 Å². The molecule has 0 saturated heterocycles. The number of halogens is 2. The van der Waals surface area contributed by atoms with Gasteiger partial charge in [-0.1, -0.05) is 37.0 Å².